The van der Waals surface area contributed by atoms with Crippen LogP contribution in [0.4, 0.5) is 0 Å². The number of nitrogens with zero attached hydrogens (tertiary/aromatic N) is 5. The molecule has 0 saturated heterocycles. The minimum absolute atomic E-state index is 0.752. The summed E-state index contributed by atoms with van der Waals surface area (Å²) in [6, 6.07) is 9.55. The molecule has 0 radical (unpaired) electrons. The molecule has 0 bridgehead atoms. The molecule has 0 aliphatic rings. The second kappa shape index (κ2) is 4.37. The summed E-state index contributed by atoms with van der Waals surface area (Å²) in [5.74, 6) is 1.56. The van der Waals surface area contributed by atoms with Crippen molar-refractivity contribution in [2.45, 2.75) is 0 Å². The summed E-state index contributed by atoms with van der Waals surface area (Å²) in [6.07, 6.45) is 5.23. The predicted molar refractivity (Wildman–Crippen MR) is 67.5 cm³/mol. The molecule has 0 spiro atoms. The Labute approximate surface area is 104 Å². The van der Waals surface area contributed by atoms with Crippen molar-refractivity contribution in [3.05, 3.63) is 48.9 Å². The SMILES string of the molecule is Cn1c(-c2ccncc2)nnc1-c1ccccn1. The summed E-state index contributed by atoms with van der Waals surface area (Å²) in [6.45, 7) is 0. The van der Waals surface area contributed by atoms with E-state index in [-0.39, 0.29) is 0 Å². The van der Waals surface area contributed by atoms with Crippen LogP contribution in [0.2, 0.25) is 0 Å². The molecule has 0 amide bonds. The maximum Gasteiger partial charge on any atom is 0.182 e. The molecule has 0 aromatic carbocycles. The average Bonchev–Trinajstić information content (AvgIpc) is 2.83. The van der Waals surface area contributed by atoms with Gasteiger partial charge in [-0.15, -0.1) is 10.2 Å². The van der Waals surface area contributed by atoms with E-state index in [4.69, 9.17) is 0 Å². The zero-order valence-corrected chi connectivity index (χ0v) is 9.85. The fourth-order valence-electron chi connectivity index (χ4n) is 1.80. The number of hydrogen-bond donors (Lipinski definition) is 0. The Kier molecular flexibility index (Phi) is 2.57. The molecule has 18 heavy (non-hydrogen) atoms. The highest BCUT2D eigenvalue weighted by molar-refractivity contribution is 5.59. The molecule has 0 unspecified atom stereocenters. The zero-order chi connectivity index (χ0) is 12.4. The number of pyridine rings is 2. The lowest BCUT2D eigenvalue weighted by molar-refractivity contribution is 0.923. The molecule has 88 valence electrons. The topological polar surface area (TPSA) is 56.5 Å². The molecule has 0 saturated carbocycles. The van der Waals surface area contributed by atoms with Gasteiger partial charge in [-0.05, 0) is 24.3 Å². The van der Waals surface area contributed by atoms with Crippen molar-refractivity contribution in [3.8, 4) is 22.9 Å². The quantitative estimate of drug-likeness (QED) is 0.683. The first-order valence-corrected chi connectivity index (χ1v) is 5.57. The fraction of sp³-hybridized carbons (Fsp3) is 0.0769. The molecular weight excluding hydrogens is 226 g/mol. The van der Waals surface area contributed by atoms with E-state index in [1.54, 1.807) is 18.6 Å². The van der Waals surface area contributed by atoms with Crippen LogP contribution in [0.1, 0.15) is 0 Å². The minimum atomic E-state index is 0.752. The lowest BCUT2D eigenvalue weighted by atomic mass is 10.2. The molecule has 5 heteroatoms. The Morgan fingerprint density at radius 1 is 0.889 bits per heavy atom. The standard InChI is InChI=1S/C13H11N5/c1-18-12(10-5-8-14-9-6-10)16-17-13(18)11-4-2-3-7-15-11/h2-9H,1H3. The highest BCUT2D eigenvalue weighted by Gasteiger charge is 2.12. The molecule has 0 N–H and O–H groups in total. The first-order chi connectivity index (χ1) is 8.86. The lowest BCUT2D eigenvalue weighted by Crippen LogP contribution is -1.96. The Morgan fingerprint density at radius 3 is 2.39 bits per heavy atom. The lowest BCUT2D eigenvalue weighted by Gasteiger charge is -2.02. The second-order valence-electron chi connectivity index (χ2n) is 3.86. The van der Waals surface area contributed by atoms with Crippen LogP contribution in [-0.2, 0) is 7.05 Å². The van der Waals surface area contributed by atoms with Gasteiger partial charge in [0.25, 0.3) is 0 Å². The first kappa shape index (κ1) is 10.6. The van der Waals surface area contributed by atoms with Crippen molar-refractivity contribution < 1.29 is 0 Å². The van der Waals surface area contributed by atoms with Crippen molar-refractivity contribution in [2.75, 3.05) is 0 Å². The first-order valence-electron chi connectivity index (χ1n) is 5.57. The second-order valence-corrected chi connectivity index (χ2v) is 3.86. The maximum absolute atomic E-state index is 4.28. The van der Waals surface area contributed by atoms with Gasteiger partial charge in [0.05, 0.1) is 0 Å². The van der Waals surface area contributed by atoms with Gasteiger partial charge < -0.3 is 4.57 Å². The Morgan fingerprint density at radius 2 is 1.67 bits per heavy atom. The zero-order valence-electron chi connectivity index (χ0n) is 9.85. The van der Waals surface area contributed by atoms with E-state index in [2.05, 4.69) is 20.2 Å². The largest absolute Gasteiger partial charge is 0.309 e. The van der Waals surface area contributed by atoms with Crippen molar-refractivity contribution in [2.24, 2.45) is 7.05 Å². The van der Waals surface area contributed by atoms with E-state index in [0.29, 0.717) is 0 Å². The van der Waals surface area contributed by atoms with E-state index in [1.165, 1.54) is 0 Å². The Hall–Kier alpha value is -2.56. The smallest absolute Gasteiger partial charge is 0.182 e. The van der Waals surface area contributed by atoms with Gasteiger partial charge >= 0.3 is 0 Å². The predicted octanol–water partition coefficient (Wildman–Crippen LogP) is 1.94. The van der Waals surface area contributed by atoms with Crippen LogP contribution in [0.15, 0.2) is 48.9 Å². The van der Waals surface area contributed by atoms with Gasteiger partial charge in [0.15, 0.2) is 11.6 Å². The monoisotopic (exact) mass is 237 g/mol. The Bertz CT molecular complexity index is 589. The molecule has 3 aromatic rings. The van der Waals surface area contributed by atoms with Crippen molar-refractivity contribution >= 4 is 0 Å². The molecule has 3 heterocycles. The molecule has 5 nitrogen and oxygen atoms in total. The van der Waals surface area contributed by atoms with Crippen LogP contribution >= 0.6 is 0 Å². The third-order valence-corrected chi connectivity index (χ3v) is 2.71. The van der Waals surface area contributed by atoms with Gasteiger partial charge in [-0.2, -0.15) is 0 Å². The van der Waals surface area contributed by atoms with Crippen LogP contribution in [0.3, 0.4) is 0 Å². The number of hydrogen-bond acceptors (Lipinski definition) is 4. The van der Waals surface area contributed by atoms with Crippen LogP contribution in [0.25, 0.3) is 22.9 Å². The van der Waals surface area contributed by atoms with E-state index >= 15 is 0 Å². The highest BCUT2D eigenvalue weighted by atomic mass is 15.3. The molecule has 0 atom stereocenters. The third-order valence-electron chi connectivity index (χ3n) is 2.71. The van der Waals surface area contributed by atoms with Crippen molar-refractivity contribution in [3.63, 3.8) is 0 Å². The summed E-state index contributed by atoms with van der Waals surface area (Å²) in [5, 5.41) is 8.40. The van der Waals surface area contributed by atoms with Crippen LogP contribution < -0.4 is 0 Å². The molecule has 3 rings (SSSR count). The molecule has 0 aliphatic heterocycles. The third kappa shape index (κ3) is 1.75. The molecule has 0 aliphatic carbocycles. The van der Waals surface area contributed by atoms with Gasteiger partial charge in [-0.3, -0.25) is 9.97 Å². The van der Waals surface area contributed by atoms with Crippen LogP contribution in [0, 0.1) is 0 Å². The van der Waals surface area contributed by atoms with Gasteiger partial charge in [0, 0.05) is 31.2 Å². The summed E-state index contributed by atoms with van der Waals surface area (Å²) >= 11 is 0. The molecule has 0 fully saturated rings. The Balaban J connectivity index is 2.09. The van der Waals surface area contributed by atoms with E-state index in [1.807, 2.05) is 41.9 Å². The van der Waals surface area contributed by atoms with Gasteiger partial charge in [-0.1, -0.05) is 6.07 Å². The highest BCUT2D eigenvalue weighted by Crippen LogP contribution is 2.20. The summed E-state index contributed by atoms with van der Waals surface area (Å²) < 4.78 is 1.93. The minimum Gasteiger partial charge on any atom is -0.309 e. The van der Waals surface area contributed by atoms with E-state index in [9.17, 15) is 0 Å². The number of aromatic nitrogens is 5. The van der Waals surface area contributed by atoms with Gasteiger partial charge in [0.1, 0.15) is 5.69 Å². The van der Waals surface area contributed by atoms with Gasteiger partial charge in [0.2, 0.25) is 0 Å². The normalized spacial score (nSPS) is 10.5. The number of rotatable bonds is 2. The summed E-state index contributed by atoms with van der Waals surface area (Å²) in [5.41, 5.74) is 1.80. The van der Waals surface area contributed by atoms with Crippen LogP contribution in [0.5, 0.6) is 0 Å². The van der Waals surface area contributed by atoms with Crippen LogP contribution in [-0.4, -0.2) is 24.7 Å². The molecule has 3 aromatic heterocycles. The van der Waals surface area contributed by atoms with Crippen molar-refractivity contribution in [1.29, 1.82) is 0 Å². The fourth-order valence-corrected chi connectivity index (χ4v) is 1.80. The van der Waals surface area contributed by atoms with Crippen molar-refractivity contribution in [1.82, 2.24) is 24.7 Å². The van der Waals surface area contributed by atoms with E-state index in [0.717, 1.165) is 22.9 Å². The van der Waals surface area contributed by atoms with E-state index < -0.39 is 0 Å². The summed E-state index contributed by atoms with van der Waals surface area (Å²) in [4.78, 5) is 8.28. The summed E-state index contributed by atoms with van der Waals surface area (Å²) in [7, 11) is 1.93. The maximum atomic E-state index is 4.28. The van der Waals surface area contributed by atoms with Gasteiger partial charge in [-0.25, -0.2) is 0 Å². The molecular formula is C13H11N5. The average molecular weight is 237 g/mol.